The van der Waals surface area contributed by atoms with Gasteiger partial charge in [0.05, 0.1) is 10.6 Å². The summed E-state index contributed by atoms with van der Waals surface area (Å²) in [5, 5.41) is 4.78. The van der Waals surface area contributed by atoms with Gasteiger partial charge >= 0.3 is 0 Å². The van der Waals surface area contributed by atoms with Crippen molar-refractivity contribution >= 4 is 38.1 Å². The van der Waals surface area contributed by atoms with Crippen molar-refractivity contribution in [3.05, 3.63) is 84.2 Å². The van der Waals surface area contributed by atoms with E-state index in [0.29, 0.717) is 16.9 Å². The van der Waals surface area contributed by atoms with Crippen molar-refractivity contribution in [3.63, 3.8) is 0 Å². The van der Waals surface area contributed by atoms with E-state index in [-0.39, 0.29) is 15.9 Å². The van der Waals surface area contributed by atoms with E-state index in [9.17, 15) is 13.2 Å². The van der Waals surface area contributed by atoms with Gasteiger partial charge in [0.2, 0.25) is 5.91 Å². The quantitative estimate of drug-likeness (QED) is 0.422. The molecule has 6 nitrogen and oxygen atoms in total. The van der Waals surface area contributed by atoms with Crippen molar-refractivity contribution in [2.45, 2.75) is 11.8 Å². The van der Waals surface area contributed by atoms with Crippen LogP contribution in [0.4, 0.5) is 10.8 Å². The van der Waals surface area contributed by atoms with Gasteiger partial charge in [-0.1, -0.05) is 60.7 Å². The number of carbonyl (C=O) groups is 1. The number of nitrogens with one attached hydrogen (secondary N) is 2. The Kier molecular flexibility index (Phi) is 5.83. The molecule has 0 radical (unpaired) electrons. The zero-order valence-corrected chi connectivity index (χ0v) is 18.2. The molecule has 3 aromatic carbocycles. The molecule has 0 saturated carbocycles. The van der Waals surface area contributed by atoms with Crippen LogP contribution in [0.25, 0.3) is 22.4 Å². The van der Waals surface area contributed by atoms with Gasteiger partial charge in [-0.15, -0.1) is 11.3 Å². The molecular weight excluding hydrogens is 430 g/mol. The number of hydrogen-bond acceptors (Lipinski definition) is 5. The molecule has 2 N–H and O–H groups in total. The summed E-state index contributed by atoms with van der Waals surface area (Å²) in [4.78, 5) is 15.8. The maximum absolute atomic E-state index is 13.1. The summed E-state index contributed by atoms with van der Waals surface area (Å²) in [7, 11) is -3.83. The Hall–Kier alpha value is -3.49. The number of aromatic nitrogens is 1. The molecule has 0 bridgehead atoms. The van der Waals surface area contributed by atoms with Crippen molar-refractivity contribution in [1.29, 1.82) is 0 Å². The SMILES string of the molecule is CC(=O)Nc1ccc(-c2csc(NS(=O)(=O)c3ccccc3-c3ccccc3)n2)cc1. The first-order valence-electron chi connectivity index (χ1n) is 9.43. The lowest BCUT2D eigenvalue weighted by Crippen LogP contribution is -2.13. The summed E-state index contributed by atoms with van der Waals surface area (Å²) < 4.78 is 28.8. The average Bonchev–Trinajstić information content (AvgIpc) is 3.22. The number of thiazole rings is 1. The van der Waals surface area contributed by atoms with Crippen LogP contribution in [0.2, 0.25) is 0 Å². The highest BCUT2D eigenvalue weighted by Gasteiger charge is 2.20. The van der Waals surface area contributed by atoms with Crippen LogP contribution in [0.3, 0.4) is 0 Å². The smallest absolute Gasteiger partial charge is 0.264 e. The van der Waals surface area contributed by atoms with Gasteiger partial charge in [-0.05, 0) is 23.8 Å². The molecule has 0 atom stereocenters. The van der Waals surface area contributed by atoms with E-state index in [2.05, 4.69) is 15.0 Å². The summed E-state index contributed by atoms with van der Waals surface area (Å²) in [6.07, 6.45) is 0. The van der Waals surface area contributed by atoms with Crippen LogP contribution in [-0.4, -0.2) is 19.3 Å². The lowest BCUT2D eigenvalue weighted by Gasteiger charge is -2.11. The Labute approximate surface area is 184 Å². The van der Waals surface area contributed by atoms with Gasteiger partial charge in [0.1, 0.15) is 0 Å². The molecular formula is C23H19N3O3S2. The minimum Gasteiger partial charge on any atom is -0.326 e. The Balaban J connectivity index is 1.58. The molecule has 31 heavy (non-hydrogen) atoms. The standard InChI is InChI=1S/C23H19N3O3S2/c1-16(27)24-19-13-11-18(12-14-19)21-15-30-23(25-21)26-31(28,29)22-10-6-5-9-20(22)17-7-3-2-4-8-17/h2-15H,1H3,(H,24,27)(H,25,26). The normalized spacial score (nSPS) is 11.1. The highest BCUT2D eigenvalue weighted by Crippen LogP contribution is 2.31. The summed E-state index contributed by atoms with van der Waals surface area (Å²) >= 11 is 1.21. The molecule has 0 unspecified atom stereocenters. The van der Waals surface area contributed by atoms with Crippen molar-refractivity contribution < 1.29 is 13.2 Å². The van der Waals surface area contributed by atoms with E-state index in [1.54, 1.807) is 35.7 Å². The van der Waals surface area contributed by atoms with Crippen LogP contribution in [-0.2, 0) is 14.8 Å². The Morgan fingerprint density at radius 2 is 1.55 bits per heavy atom. The summed E-state index contributed by atoms with van der Waals surface area (Å²) in [6.45, 7) is 1.45. The number of benzene rings is 3. The summed E-state index contributed by atoms with van der Waals surface area (Å²) in [6, 6.07) is 23.5. The molecule has 0 aliphatic heterocycles. The minimum atomic E-state index is -3.83. The number of amides is 1. The lowest BCUT2D eigenvalue weighted by atomic mass is 10.1. The van der Waals surface area contributed by atoms with E-state index in [1.807, 2.05) is 48.5 Å². The number of sulfonamides is 1. The molecule has 156 valence electrons. The van der Waals surface area contributed by atoms with E-state index in [1.165, 1.54) is 18.3 Å². The van der Waals surface area contributed by atoms with Crippen molar-refractivity contribution in [3.8, 4) is 22.4 Å². The van der Waals surface area contributed by atoms with Gasteiger partial charge in [0.25, 0.3) is 10.0 Å². The molecule has 4 rings (SSSR count). The minimum absolute atomic E-state index is 0.145. The average molecular weight is 450 g/mol. The lowest BCUT2D eigenvalue weighted by molar-refractivity contribution is -0.114. The van der Waals surface area contributed by atoms with Crippen LogP contribution in [0.1, 0.15) is 6.92 Å². The second-order valence-electron chi connectivity index (χ2n) is 6.76. The Morgan fingerprint density at radius 3 is 2.26 bits per heavy atom. The van der Waals surface area contributed by atoms with Gasteiger partial charge in [-0.25, -0.2) is 13.4 Å². The zero-order valence-electron chi connectivity index (χ0n) is 16.6. The molecule has 4 aromatic rings. The molecule has 1 amide bonds. The molecule has 1 aromatic heterocycles. The first-order valence-corrected chi connectivity index (χ1v) is 11.8. The first kappa shape index (κ1) is 20.8. The van der Waals surface area contributed by atoms with Crippen LogP contribution < -0.4 is 10.0 Å². The van der Waals surface area contributed by atoms with Gasteiger partial charge in [0.15, 0.2) is 5.13 Å². The molecule has 0 spiro atoms. The molecule has 8 heteroatoms. The van der Waals surface area contributed by atoms with Crippen molar-refractivity contribution in [1.82, 2.24) is 4.98 Å². The molecule has 0 aliphatic carbocycles. The van der Waals surface area contributed by atoms with Crippen LogP contribution in [0, 0.1) is 0 Å². The van der Waals surface area contributed by atoms with E-state index < -0.39 is 10.0 Å². The predicted octanol–water partition coefficient (Wildman–Crippen LogP) is 5.24. The number of anilines is 2. The van der Waals surface area contributed by atoms with E-state index in [0.717, 1.165) is 11.1 Å². The topological polar surface area (TPSA) is 88.2 Å². The largest absolute Gasteiger partial charge is 0.326 e. The molecule has 1 heterocycles. The second-order valence-corrected chi connectivity index (χ2v) is 9.27. The van der Waals surface area contributed by atoms with Crippen LogP contribution in [0.15, 0.2) is 89.1 Å². The molecule has 0 aliphatic rings. The van der Waals surface area contributed by atoms with Crippen molar-refractivity contribution in [2.24, 2.45) is 0 Å². The highest BCUT2D eigenvalue weighted by atomic mass is 32.2. The molecule has 0 saturated heterocycles. The Bertz CT molecular complexity index is 1320. The van der Waals surface area contributed by atoms with E-state index in [4.69, 9.17) is 0 Å². The van der Waals surface area contributed by atoms with Crippen LogP contribution in [0.5, 0.6) is 0 Å². The fourth-order valence-electron chi connectivity index (χ4n) is 3.11. The number of carbonyl (C=O) groups excluding carboxylic acids is 1. The third-order valence-corrected chi connectivity index (χ3v) is 6.77. The number of rotatable bonds is 6. The number of hydrogen-bond donors (Lipinski definition) is 2. The number of nitrogens with zero attached hydrogens (tertiary/aromatic N) is 1. The van der Waals surface area contributed by atoms with Gasteiger partial charge in [-0.2, -0.15) is 0 Å². The summed E-state index contributed by atoms with van der Waals surface area (Å²) in [5.74, 6) is -0.145. The zero-order chi connectivity index (χ0) is 21.8. The second kappa shape index (κ2) is 8.71. The fourth-order valence-corrected chi connectivity index (χ4v) is 5.31. The van der Waals surface area contributed by atoms with Crippen molar-refractivity contribution in [2.75, 3.05) is 10.0 Å². The third-order valence-electron chi connectivity index (χ3n) is 4.49. The van der Waals surface area contributed by atoms with Crippen LogP contribution >= 0.6 is 11.3 Å². The predicted molar refractivity (Wildman–Crippen MR) is 125 cm³/mol. The first-order chi connectivity index (χ1) is 14.9. The fraction of sp³-hybridized carbons (Fsp3) is 0.0435. The monoisotopic (exact) mass is 449 g/mol. The maximum Gasteiger partial charge on any atom is 0.264 e. The Morgan fingerprint density at radius 1 is 0.871 bits per heavy atom. The van der Waals surface area contributed by atoms with E-state index >= 15 is 0 Å². The summed E-state index contributed by atoms with van der Waals surface area (Å²) in [5.41, 5.74) is 3.60. The maximum atomic E-state index is 13.1. The highest BCUT2D eigenvalue weighted by molar-refractivity contribution is 7.93. The van der Waals surface area contributed by atoms with Gasteiger partial charge in [0, 0.05) is 29.1 Å². The molecule has 0 fully saturated rings. The van der Waals surface area contributed by atoms with Gasteiger partial charge in [-0.3, -0.25) is 9.52 Å². The third kappa shape index (κ3) is 4.82. The van der Waals surface area contributed by atoms with Gasteiger partial charge < -0.3 is 5.32 Å².